The third kappa shape index (κ3) is 4.83. The number of amides is 1. The molecule has 1 heterocycles. The fraction of sp³-hybridized carbons (Fsp3) is 0.200. The molecule has 6 nitrogen and oxygen atoms in total. The summed E-state index contributed by atoms with van der Waals surface area (Å²) in [5, 5.41) is 2.80. The van der Waals surface area contributed by atoms with Crippen molar-refractivity contribution in [3.63, 3.8) is 0 Å². The minimum Gasteiger partial charge on any atom is -0.350 e. The maximum absolute atomic E-state index is 12.9. The van der Waals surface area contributed by atoms with Crippen LogP contribution in [0.4, 0.5) is 4.39 Å². The second-order valence-corrected chi connectivity index (χ2v) is 8.48. The van der Waals surface area contributed by atoms with Gasteiger partial charge in [0.25, 0.3) is 0 Å². The number of halogens is 1. The SMILES string of the molecule is C[C@@H](NC(=O)CCS(=O)(=O)c1ccc(F)cc1)c1ccc(-n2ccnc2)cc1. The van der Waals surface area contributed by atoms with Crippen molar-refractivity contribution >= 4 is 15.7 Å². The highest BCUT2D eigenvalue weighted by molar-refractivity contribution is 7.91. The molecule has 0 aliphatic carbocycles. The second kappa shape index (κ2) is 8.35. The molecule has 0 radical (unpaired) electrons. The van der Waals surface area contributed by atoms with E-state index in [1.54, 1.807) is 12.5 Å². The average Bonchev–Trinajstić information content (AvgIpc) is 3.22. The van der Waals surface area contributed by atoms with E-state index in [0.29, 0.717) is 0 Å². The van der Waals surface area contributed by atoms with Crippen LogP contribution in [0.2, 0.25) is 0 Å². The Hall–Kier alpha value is -3.00. The monoisotopic (exact) mass is 401 g/mol. The van der Waals surface area contributed by atoms with Crippen molar-refractivity contribution in [2.24, 2.45) is 0 Å². The summed E-state index contributed by atoms with van der Waals surface area (Å²) in [5.74, 6) is -1.21. The first kappa shape index (κ1) is 19.8. The Bertz CT molecular complexity index is 1030. The molecule has 146 valence electrons. The lowest BCUT2D eigenvalue weighted by Crippen LogP contribution is -2.28. The first-order chi connectivity index (χ1) is 13.3. The van der Waals surface area contributed by atoms with Gasteiger partial charge in [-0.05, 0) is 48.9 Å². The minimum atomic E-state index is -3.64. The Kier molecular flexibility index (Phi) is 5.89. The molecular weight excluding hydrogens is 381 g/mol. The number of nitrogens with one attached hydrogen (secondary N) is 1. The number of benzene rings is 2. The second-order valence-electron chi connectivity index (χ2n) is 6.37. The number of aromatic nitrogens is 2. The summed E-state index contributed by atoms with van der Waals surface area (Å²) in [6, 6.07) is 11.9. The van der Waals surface area contributed by atoms with Crippen molar-refractivity contribution < 1.29 is 17.6 Å². The summed E-state index contributed by atoms with van der Waals surface area (Å²) in [6.45, 7) is 1.83. The van der Waals surface area contributed by atoms with Gasteiger partial charge in [-0.15, -0.1) is 0 Å². The van der Waals surface area contributed by atoms with Gasteiger partial charge in [-0.25, -0.2) is 17.8 Å². The topological polar surface area (TPSA) is 81.1 Å². The zero-order valence-corrected chi connectivity index (χ0v) is 16.1. The lowest BCUT2D eigenvalue weighted by molar-refractivity contribution is -0.121. The van der Waals surface area contributed by atoms with Crippen molar-refractivity contribution in [3.05, 3.63) is 78.6 Å². The molecule has 0 bridgehead atoms. The maximum Gasteiger partial charge on any atom is 0.221 e. The summed E-state index contributed by atoms with van der Waals surface area (Å²) >= 11 is 0. The standard InChI is InChI=1S/C20H20FN3O3S/c1-15(16-2-6-18(7-3-16)24-12-11-22-14-24)23-20(25)10-13-28(26,27)19-8-4-17(21)5-9-19/h2-9,11-12,14-15H,10,13H2,1H3,(H,23,25)/t15-/m1/s1. The number of nitrogens with zero attached hydrogens (tertiary/aromatic N) is 2. The Morgan fingerprint density at radius 3 is 2.43 bits per heavy atom. The van der Waals surface area contributed by atoms with Crippen LogP contribution in [0.3, 0.4) is 0 Å². The van der Waals surface area contributed by atoms with E-state index in [4.69, 9.17) is 0 Å². The highest BCUT2D eigenvalue weighted by atomic mass is 32.2. The van der Waals surface area contributed by atoms with Gasteiger partial charge in [-0.2, -0.15) is 0 Å². The van der Waals surface area contributed by atoms with E-state index < -0.39 is 15.7 Å². The van der Waals surface area contributed by atoms with Crippen molar-refractivity contribution in [2.45, 2.75) is 24.3 Å². The number of carbonyl (C=O) groups excluding carboxylic acids is 1. The van der Waals surface area contributed by atoms with E-state index in [9.17, 15) is 17.6 Å². The van der Waals surface area contributed by atoms with Crippen LogP contribution in [0.15, 0.2) is 72.1 Å². The van der Waals surface area contributed by atoms with Crippen LogP contribution in [0.1, 0.15) is 24.9 Å². The van der Waals surface area contributed by atoms with Crippen LogP contribution >= 0.6 is 0 Å². The quantitative estimate of drug-likeness (QED) is 0.617. The van der Waals surface area contributed by atoms with Gasteiger partial charge in [0, 0.05) is 24.5 Å². The number of imidazole rings is 1. The molecule has 0 spiro atoms. The predicted molar refractivity (Wildman–Crippen MR) is 103 cm³/mol. The zero-order valence-electron chi connectivity index (χ0n) is 15.2. The molecule has 1 atom stereocenters. The molecule has 3 aromatic rings. The molecule has 0 saturated heterocycles. The number of hydrogen-bond acceptors (Lipinski definition) is 4. The van der Waals surface area contributed by atoms with Gasteiger partial charge in [-0.3, -0.25) is 4.79 Å². The Labute approximate surface area is 163 Å². The molecule has 0 aliphatic heterocycles. The highest BCUT2D eigenvalue weighted by Gasteiger charge is 2.18. The van der Waals surface area contributed by atoms with Gasteiger partial charge in [0.1, 0.15) is 5.82 Å². The first-order valence-corrected chi connectivity index (χ1v) is 10.4. The van der Waals surface area contributed by atoms with Gasteiger partial charge < -0.3 is 9.88 Å². The lowest BCUT2D eigenvalue weighted by Gasteiger charge is -2.15. The number of rotatable bonds is 7. The highest BCUT2D eigenvalue weighted by Crippen LogP contribution is 2.17. The average molecular weight is 401 g/mol. The fourth-order valence-electron chi connectivity index (χ4n) is 2.73. The van der Waals surface area contributed by atoms with Crippen molar-refractivity contribution in [1.82, 2.24) is 14.9 Å². The fourth-order valence-corrected chi connectivity index (χ4v) is 3.97. The van der Waals surface area contributed by atoms with Crippen LogP contribution in [0.5, 0.6) is 0 Å². The Morgan fingerprint density at radius 1 is 1.14 bits per heavy atom. The summed E-state index contributed by atoms with van der Waals surface area (Å²) in [6.07, 6.45) is 5.05. The lowest BCUT2D eigenvalue weighted by atomic mass is 10.1. The van der Waals surface area contributed by atoms with Crippen molar-refractivity contribution in [1.29, 1.82) is 0 Å². The third-order valence-electron chi connectivity index (χ3n) is 4.34. The van der Waals surface area contributed by atoms with Gasteiger partial charge in [0.2, 0.25) is 5.91 Å². The number of carbonyl (C=O) groups is 1. The maximum atomic E-state index is 12.9. The molecule has 0 aliphatic rings. The van der Waals surface area contributed by atoms with E-state index >= 15 is 0 Å². The third-order valence-corrected chi connectivity index (χ3v) is 6.08. The van der Waals surface area contributed by atoms with Crippen LogP contribution in [-0.4, -0.2) is 29.6 Å². The molecule has 0 unspecified atom stereocenters. The van der Waals surface area contributed by atoms with E-state index in [2.05, 4.69) is 10.3 Å². The predicted octanol–water partition coefficient (Wildman–Crippen LogP) is 3.05. The molecule has 3 rings (SSSR count). The molecule has 1 aromatic heterocycles. The molecule has 28 heavy (non-hydrogen) atoms. The molecule has 1 amide bonds. The van der Waals surface area contributed by atoms with Gasteiger partial charge in [-0.1, -0.05) is 12.1 Å². The van der Waals surface area contributed by atoms with E-state index in [1.165, 1.54) is 12.1 Å². The van der Waals surface area contributed by atoms with E-state index in [1.807, 2.05) is 42.0 Å². The zero-order chi connectivity index (χ0) is 20.1. The summed E-state index contributed by atoms with van der Waals surface area (Å²) in [7, 11) is -3.64. The van der Waals surface area contributed by atoms with Crippen LogP contribution in [0.25, 0.3) is 5.69 Å². The first-order valence-electron chi connectivity index (χ1n) is 8.71. The molecule has 0 saturated carbocycles. The molecule has 2 aromatic carbocycles. The Balaban J connectivity index is 1.56. The largest absolute Gasteiger partial charge is 0.350 e. The number of sulfone groups is 1. The Morgan fingerprint density at radius 2 is 1.82 bits per heavy atom. The summed E-state index contributed by atoms with van der Waals surface area (Å²) < 4.78 is 39.3. The van der Waals surface area contributed by atoms with Crippen LogP contribution < -0.4 is 5.32 Å². The van der Waals surface area contributed by atoms with E-state index in [-0.39, 0.29) is 29.0 Å². The van der Waals surface area contributed by atoms with E-state index in [0.717, 1.165) is 23.4 Å². The molecular formula is C20H20FN3O3S. The van der Waals surface area contributed by atoms with Gasteiger partial charge in [0.05, 0.1) is 23.0 Å². The molecule has 0 fully saturated rings. The van der Waals surface area contributed by atoms with Crippen molar-refractivity contribution in [2.75, 3.05) is 5.75 Å². The van der Waals surface area contributed by atoms with Gasteiger partial charge >= 0.3 is 0 Å². The normalized spacial score (nSPS) is 12.5. The molecule has 1 N–H and O–H groups in total. The molecule has 8 heteroatoms. The minimum absolute atomic E-state index is 0.00448. The smallest absolute Gasteiger partial charge is 0.221 e. The summed E-state index contributed by atoms with van der Waals surface area (Å²) in [5.41, 5.74) is 1.85. The number of hydrogen-bond donors (Lipinski definition) is 1. The van der Waals surface area contributed by atoms with Gasteiger partial charge in [0.15, 0.2) is 9.84 Å². The summed E-state index contributed by atoms with van der Waals surface area (Å²) in [4.78, 5) is 16.2. The van der Waals surface area contributed by atoms with Crippen LogP contribution in [-0.2, 0) is 14.6 Å². The van der Waals surface area contributed by atoms with Crippen LogP contribution in [0, 0.1) is 5.82 Å². The van der Waals surface area contributed by atoms with Crippen molar-refractivity contribution in [3.8, 4) is 5.69 Å².